The molecule has 1 aliphatic carbocycles. The number of halogens is 1. The molecule has 0 N–H and O–H groups in total. The molecule has 2 atom stereocenters. The van der Waals surface area contributed by atoms with Crippen LogP contribution in [0.15, 0.2) is 54.6 Å². The predicted molar refractivity (Wildman–Crippen MR) is 146 cm³/mol. The van der Waals surface area contributed by atoms with Gasteiger partial charge in [0.15, 0.2) is 5.65 Å². The minimum atomic E-state index is -0.283. The van der Waals surface area contributed by atoms with Gasteiger partial charge >= 0.3 is 0 Å². The summed E-state index contributed by atoms with van der Waals surface area (Å²) < 4.78 is 15.4. The Bertz CT molecular complexity index is 1450. The molecular weight excluding hydrogens is 479 g/mol. The van der Waals surface area contributed by atoms with Gasteiger partial charge in [0.05, 0.1) is 16.8 Å². The van der Waals surface area contributed by atoms with Crippen LogP contribution in [0.1, 0.15) is 49.2 Å². The molecule has 2 aliphatic rings. The van der Waals surface area contributed by atoms with Gasteiger partial charge < -0.3 is 9.80 Å². The molecule has 2 fully saturated rings. The van der Waals surface area contributed by atoms with Gasteiger partial charge in [-0.3, -0.25) is 4.79 Å². The van der Waals surface area contributed by atoms with Crippen molar-refractivity contribution in [3.05, 3.63) is 77.5 Å². The van der Waals surface area contributed by atoms with E-state index in [2.05, 4.69) is 36.1 Å². The Morgan fingerprint density at radius 3 is 2.55 bits per heavy atom. The molecule has 1 aliphatic heterocycles. The number of fused-ring (bicyclic) bond motifs is 1. The molecule has 1 amide bonds. The van der Waals surface area contributed by atoms with Gasteiger partial charge in [-0.05, 0) is 61.9 Å². The number of benzene rings is 2. The second-order valence-corrected chi connectivity index (χ2v) is 10.4. The molecule has 0 radical (unpaired) electrons. The summed E-state index contributed by atoms with van der Waals surface area (Å²) >= 11 is 0. The molecule has 4 aromatic rings. The van der Waals surface area contributed by atoms with E-state index >= 15 is 0 Å². The number of hydrogen-bond acceptors (Lipinski definition) is 5. The summed E-state index contributed by atoms with van der Waals surface area (Å²) in [5.74, 6) is 2.10. The zero-order valence-corrected chi connectivity index (χ0v) is 22.0. The SMILES string of the molecule is CCCc1nc(N2CCCN(C(=O)[C@H]3C[C@H]3c3ccccc3)CC2)c2c(C)nn(-c3ccc(F)cc3)c2n1. The number of rotatable bonds is 6. The summed E-state index contributed by atoms with van der Waals surface area (Å²) in [5, 5.41) is 5.70. The van der Waals surface area contributed by atoms with Crippen molar-refractivity contribution >= 4 is 22.8 Å². The summed E-state index contributed by atoms with van der Waals surface area (Å²) in [6, 6.07) is 16.7. The van der Waals surface area contributed by atoms with Crippen molar-refractivity contribution in [2.24, 2.45) is 5.92 Å². The molecule has 2 aromatic carbocycles. The molecule has 0 spiro atoms. The number of aryl methyl sites for hydroxylation is 2. The summed E-state index contributed by atoms with van der Waals surface area (Å²) in [7, 11) is 0. The first-order valence-corrected chi connectivity index (χ1v) is 13.6. The van der Waals surface area contributed by atoms with Crippen LogP contribution in [0.5, 0.6) is 0 Å². The van der Waals surface area contributed by atoms with Gasteiger partial charge in [0, 0.05) is 38.5 Å². The van der Waals surface area contributed by atoms with Gasteiger partial charge in [-0.15, -0.1) is 0 Å². The maximum absolute atomic E-state index is 13.6. The smallest absolute Gasteiger partial charge is 0.226 e. The Morgan fingerprint density at radius 2 is 1.79 bits per heavy atom. The minimum absolute atomic E-state index is 0.0991. The van der Waals surface area contributed by atoms with E-state index in [0.29, 0.717) is 19.0 Å². The fraction of sp³-hybridized carbons (Fsp3) is 0.400. The monoisotopic (exact) mass is 512 g/mol. The summed E-state index contributed by atoms with van der Waals surface area (Å²) in [6.07, 6.45) is 3.52. The van der Waals surface area contributed by atoms with Crippen LogP contribution in [-0.2, 0) is 11.2 Å². The molecule has 7 nitrogen and oxygen atoms in total. The van der Waals surface area contributed by atoms with Crippen LogP contribution in [0.2, 0.25) is 0 Å². The van der Waals surface area contributed by atoms with E-state index in [4.69, 9.17) is 15.1 Å². The molecule has 6 rings (SSSR count). The highest BCUT2D eigenvalue weighted by Gasteiger charge is 2.45. The lowest BCUT2D eigenvalue weighted by atomic mass is 10.1. The molecule has 8 heteroatoms. The largest absolute Gasteiger partial charge is 0.354 e. The van der Waals surface area contributed by atoms with Crippen molar-refractivity contribution in [2.75, 3.05) is 31.1 Å². The molecular formula is C30H33FN6O. The van der Waals surface area contributed by atoms with E-state index in [1.807, 2.05) is 17.9 Å². The Balaban J connectivity index is 1.27. The molecule has 1 saturated heterocycles. The van der Waals surface area contributed by atoms with Crippen LogP contribution in [0.4, 0.5) is 10.2 Å². The predicted octanol–water partition coefficient (Wildman–Crippen LogP) is 5.06. The first-order valence-electron chi connectivity index (χ1n) is 13.6. The highest BCUT2D eigenvalue weighted by molar-refractivity contribution is 5.91. The van der Waals surface area contributed by atoms with Gasteiger partial charge in [-0.25, -0.2) is 19.0 Å². The number of hydrogen-bond donors (Lipinski definition) is 0. The summed E-state index contributed by atoms with van der Waals surface area (Å²) in [4.78, 5) is 27.6. The van der Waals surface area contributed by atoms with Crippen LogP contribution in [0.25, 0.3) is 16.7 Å². The average molecular weight is 513 g/mol. The van der Waals surface area contributed by atoms with Gasteiger partial charge in [0.25, 0.3) is 0 Å². The fourth-order valence-corrected chi connectivity index (χ4v) is 5.65. The number of amides is 1. The van der Waals surface area contributed by atoms with Crippen molar-refractivity contribution in [2.45, 2.75) is 45.4 Å². The van der Waals surface area contributed by atoms with E-state index in [9.17, 15) is 9.18 Å². The Labute approximate surface area is 222 Å². The molecule has 3 heterocycles. The first-order chi connectivity index (χ1) is 18.5. The minimum Gasteiger partial charge on any atom is -0.354 e. The van der Waals surface area contributed by atoms with Gasteiger partial charge in [0.1, 0.15) is 17.5 Å². The normalized spacial score (nSPS) is 19.6. The third kappa shape index (κ3) is 4.64. The Hall–Kier alpha value is -3.81. The van der Waals surface area contributed by atoms with E-state index in [1.54, 1.807) is 16.8 Å². The van der Waals surface area contributed by atoms with Crippen LogP contribution >= 0.6 is 0 Å². The number of nitrogens with zero attached hydrogens (tertiary/aromatic N) is 6. The van der Waals surface area contributed by atoms with Crippen molar-refractivity contribution in [3.8, 4) is 5.69 Å². The van der Waals surface area contributed by atoms with Crippen molar-refractivity contribution in [1.82, 2.24) is 24.6 Å². The lowest BCUT2D eigenvalue weighted by Gasteiger charge is -2.24. The molecule has 0 bridgehead atoms. The molecule has 0 unspecified atom stereocenters. The first kappa shape index (κ1) is 24.5. The maximum Gasteiger partial charge on any atom is 0.226 e. The highest BCUT2D eigenvalue weighted by atomic mass is 19.1. The lowest BCUT2D eigenvalue weighted by molar-refractivity contribution is -0.132. The zero-order valence-electron chi connectivity index (χ0n) is 22.0. The number of carbonyl (C=O) groups is 1. The molecule has 1 saturated carbocycles. The van der Waals surface area contributed by atoms with Gasteiger partial charge in [0.2, 0.25) is 5.91 Å². The van der Waals surface area contributed by atoms with Gasteiger partial charge in [-0.2, -0.15) is 5.10 Å². The lowest BCUT2D eigenvalue weighted by Crippen LogP contribution is -2.36. The Morgan fingerprint density at radius 1 is 1.00 bits per heavy atom. The second kappa shape index (κ2) is 10.2. The van der Waals surface area contributed by atoms with Crippen molar-refractivity contribution in [3.63, 3.8) is 0 Å². The van der Waals surface area contributed by atoms with Gasteiger partial charge in [-0.1, -0.05) is 37.3 Å². The van der Waals surface area contributed by atoms with Crippen LogP contribution < -0.4 is 4.90 Å². The topological polar surface area (TPSA) is 67.2 Å². The van der Waals surface area contributed by atoms with Crippen LogP contribution in [-0.4, -0.2) is 56.7 Å². The van der Waals surface area contributed by atoms with E-state index in [-0.39, 0.29) is 17.6 Å². The second-order valence-electron chi connectivity index (χ2n) is 10.4. The average Bonchev–Trinajstić information content (AvgIpc) is 3.71. The standard InChI is InChI=1S/C30H33FN6O/c1-3-8-26-32-28(27-20(2)34-37(29(27)33-26)23-13-11-22(31)12-14-23)35-15-7-16-36(18-17-35)30(38)25-19-24(25)21-9-5-4-6-10-21/h4-6,9-14,24-25H,3,7-8,15-19H2,1-2H3/t24-,25-/m0/s1. The number of aromatic nitrogens is 4. The Kier molecular flexibility index (Phi) is 6.55. The quantitative estimate of drug-likeness (QED) is 0.361. The van der Waals surface area contributed by atoms with E-state index in [0.717, 1.165) is 72.8 Å². The van der Waals surface area contributed by atoms with Crippen LogP contribution in [0.3, 0.4) is 0 Å². The number of carbonyl (C=O) groups excluding carboxylic acids is 1. The molecule has 196 valence electrons. The third-order valence-corrected chi connectivity index (χ3v) is 7.72. The van der Waals surface area contributed by atoms with Crippen LogP contribution in [0, 0.1) is 18.7 Å². The maximum atomic E-state index is 13.6. The van der Waals surface area contributed by atoms with Crippen molar-refractivity contribution < 1.29 is 9.18 Å². The highest BCUT2D eigenvalue weighted by Crippen LogP contribution is 2.48. The third-order valence-electron chi connectivity index (χ3n) is 7.72. The zero-order chi connectivity index (χ0) is 26.2. The summed E-state index contributed by atoms with van der Waals surface area (Å²) in [6.45, 7) is 7.06. The molecule has 38 heavy (non-hydrogen) atoms. The molecule has 2 aromatic heterocycles. The van der Waals surface area contributed by atoms with Crippen molar-refractivity contribution in [1.29, 1.82) is 0 Å². The van der Waals surface area contributed by atoms with E-state index < -0.39 is 0 Å². The number of anilines is 1. The summed E-state index contributed by atoms with van der Waals surface area (Å²) in [5.41, 5.74) is 3.61. The fourth-order valence-electron chi connectivity index (χ4n) is 5.65. The van der Waals surface area contributed by atoms with E-state index in [1.165, 1.54) is 17.7 Å².